The Morgan fingerprint density at radius 3 is 2.83 bits per heavy atom. The number of anilines is 1. The second kappa shape index (κ2) is 5.42. The van der Waals surface area contributed by atoms with E-state index >= 15 is 0 Å². The average molecular weight is 250 g/mol. The molecule has 0 fully saturated rings. The Hall–Kier alpha value is -2.20. The summed E-state index contributed by atoms with van der Waals surface area (Å²) in [5.74, 6) is 0.282. The van der Waals surface area contributed by atoms with Gasteiger partial charge in [-0.2, -0.15) is 5.26 Å². The van der Waals surface area contributed by atoms with Crippen LogP contribution in [0.1, 0.15) is 19.4 Å². The van der Waals surface area contributed by atoms with Crippen LogP contribution < -0.4 is 5.32 Å². The lowest BCUT2D eigenvalue weighted by molar-refractivity contribution is -0.385. The molecule has 1 heterocycles. The minimum absolute atomic E-state index is 0.0190. The van der Waals surface area contributed by atoms with Crippen LogP contribution in [0.5, 0.6) is 0 Å². The summed E-state index contributed by atoms with van der Waals surface area (Å²) in [6.07, 6.45) is 1.09. The molecule has 7 nitrogen and oxygen atoms in total. The Morgan fingerprint density at radius 1 is 1.67 bits per heavy atom. The zero-order valence-corrected chi connectivity index (χ0v) is 10.2. The summed E-state index contributed by atoms with van der Waals surface area (Å²) < 4.78 is 0. The summed E-state index contributed by atoms with van der Waals surface area (Å²) >= 11 is 0. The number of pyridine rings is 1. The lowest BCUT2D eigenvalue weighted by Gasteiger charge is -2.22. The van der Waals surface area contributed by atoms with Crippen LogP contribution in [-0.4, -0.2) is 28.2 Å². The second-order valence-corrected chi connectivity index (χ2v) is 4.63. The largest absolute Gasteiger partial charge is 0.396 e. The molecule has 0 unspecified atom stereocenters. The predicted molar refractivity (Wildman–Crippen MR) is 65.0 cm³/mol. The Kier molecular flexibility index (Phi) is 4.18. The van der Waals surface area contributed by atoms with E-state index in [1.807, 2.05) is 19.9 Å². The molecule has 1 rings (SSSR count). The first-order chi connectivity index (χ1) is 8.39. The Morgan fingerprint density at radius 2 is 2.33 bits per heavy atom. The molecule has 0 aromatic carbocycles. The molecule has 0 saturated carbocycles. The summed E-state index contributed by atoms with van der Waals surface area (Å²) in [5.41, 5.74) is -0.479. The molecular weight excluding hydrogens is 236 g/mol. The maximum atomic E-state index is 10.5. The van der Waals surface area contributed by atoms with Gasteiger partial charge >= 0.3 is 0 Å². The van der Waals surface area contributed by atoms with Crippen molar-refractivity contribution in [2.75, 3.05) is 18.5 Å². The molecule has 0 atom stereocenters. The number of nitro groups is 1. The maximum absolute atomic E-state index is 10.5. The fraction of sp³-hybridized carbons (Fsp3) is 0.455. The molecule has 18 heavy (non-hydrogen) atoms. The lowest BCUT2D eigenvalue weighted by Crippen LogP contribution is -2.27. The molecule has 0 spiro atoms. The van der Waals surface area contributed by atoms with Crippen LogP contribution in [0.25, 0.3) is 0 Å². The molecule has 96 valence electrons. The van der Waals surface area contributed by atoms with Crippen molar-refractivity contribution in [3.05, 3.63) is 27.9 Å². The van der Waals surface area contributed by atoms with Crippen molar-refractivity contribution >= 4 is 11.5 Å². The van der Waals surface area contributed by atoms with Gasteiger partial charge in [0.25, 0.3) is 5.69 Å². The topological polar surface area (TPSA) is 112 Å². The highest BCUT2D eigenvalue weighted by molar-refractivity contribution is 5.55. The highest BCUT2D eigenvalue weighted by atomic mass is 16.6. The van der Waals surface area contributed by atoms with Gasteiger partial charge in [-0.15, -0.1) is 0 Å². The quantitative estimate of drug-likeness (QED) is 0.601. The van der Waals surface area contributed by atoms with Crippen molar-refractivity contribution in [1.29, 1.82) is 5.26 Å². The Bertz CT molecular complexity index is 494. The number of nitriles is 1. The van der Waals surface area contributed by atoms with E-state index in [-0.39, 0.29) is 29.1 Å². The number of aromatic nitrogens is 1. The van der Waals surface area contributed by atoms with E-state index in [0.717, 1.165) is 6.20 Å². The molecule has 1 aromatic rings. The number of hydrogen-bond acceptors (Lipinski definition) is 6. The van der Waals surface area contributed by atoms with Crippen LogP contribution in [0.3, 0.4) is 0 Å². The van der Waals surface area contributed by atoms with E-state index in [0.29, 0.717) is 6.54 Å². The standard InChI is InChI=1S/C11H14N4O3/c1-11(2,7-16)6-14-10-8(4-12)3-9(5-13-10)15(17)18/h3,5,16H,6-7H2,1-2H3,(H,13,14). The fourth-order valence-electron chi connectivity index (χ4n) is 1.16. The highest BCUT2D eigenvalue weighted by Gasteiger charge is 2.18. The molecule has 1 aromatic heterocycles. The van der Waals surface area contributed by atoms with Gasteiger partial charge in [0.1, 0.15) is 23.6 Å². The molecule has 0 aliphatic heterocycles. The van der Waals surface area contributed by atoms with Gasteiger partial charge in [-0.05, 0) is 0 Å². The highest BCUT2D eigenvalue weighted by Crippen LogP contribution is 2.20. The molecular formula is C11H14N4O3. The van der Waals surface area contributed by atoms with Crippen LogP contribution in [-0.2, 0) is 0 Å². The van der Waals surface area contributed by atoms with E-state index in [2.05, 4.69) is 10.3 Å². The lowest BCUT2D eigenvalue weighted by atomic mass is 9.95. The fourth-order valence-corrected chi connectivity index (χ4v) is 1.16. The van der Waals surface area contributed by atoms with Crippen LogP contribution in [0, 0.1) is 26.9 Å². The number of hydrogen-bond donors (Lipinski definition) is 2. The van der Waals surface area contributed by atoms with Crippen LogP contribution in [0.4, 0.5) is 11.5 Å². The average Bonchev–Trinajstić information content (AvgIpc) is 2.36. The van der Waals surface area contributed by atoms with Gasteiger partial charge in [-0.1, -0.05) is 13.8 Å². The zero-order valence-electron chi connectivity index (χ0n) is 10.2. The van der Waals surface area contributed by atoms with Gasteiger partial charge in [0, 0.05) is 24.6 Å². The third kappa shape index (κ3) is 3.40. The second-order valence-electron chi connectivity index (χ2n) is 4.63. The first-order valence-electron chi connectivity index (χ1n) is 5.29. The molecule has 0 saturated heterocycles. The van der Waals surface area contributed by atoms with Crippen molar-refractivity contribution in [3.8, 4) is 6.07 Å². The van der Waals surface area contributed by atoms with Crippen molar-refractivity contribution < 1.29 is 10.0 Å². The molecule has 7 heteroatoms. The number of nitrogens with one attached hydrogen (secondary N) is 1. The number of aliphatic hydroxyl groups is 1. The molecule has 2 N–H and O–H groups in total. The van der Waals surface area contributed by atoms with Crippen LogP contribution >= 0.6 is 0 Å². The van der Waals surface area contributed by atoms with E-state index in [4.69, 9.17) is 10.4 Å². The van der Waals surface area contributed by atoms with Gasteiger partial charge in [0.05, 0.1) is 4.92 Å². The number of aliphatic hydroxyl groups excluding tert-OH is 1. The van der Waals surface area contributed by atoms with Crippen molar-refractivity contribution in [2.45, 2.75) is 13.8 Å². The van der Waals surface area contributed by atoms with E-state index < -0.39 is 4.92 Å². The van der Waals surface area contributed by atoms with E-state index in [9.17, 15) is 10.1 Å². The molecule has 0 radical (unpaired) electrons. The third-order valence-corrected chi connectivity index (χ3v) is 2.37. The van der Waals surface area contributed by atoms with E-state index in [1.54, 1.807) is 0 Å². The van der Waals surface area contributed by atoms with Gasteiger partial charge in [0.15, 0.2) is 0 Å². The number of nitrogens with zero attached hydrogens (tertiary/aromatic N) is 3. The van der Waals surface area contributed by atoms with Gasteiger partial charge in [0.2, 0.25) is 0 Å². The molecule has 0 aliphatic carbocycles. The molecule has 0 aliphatic rings. The monoisotopic (exact) mass is 250 g/mol. The van der Waals surface area contributed by atoms with Crippen molar-refractivity contribution in [3.63, 3.8) is 0 Å². The van der Waals surface area contributed by atoms with Crippen molar-refractivity contribution in [1.82, 2.24) is 4.98 Å². The Balaban J connectivity index is 2.91. The zero-order chi connectivity index (χ0) is 13.8. The molecule has 0 amide bonds. The summed E-state index contributed by atoms with van der Waals surface area (Å²) in [6.45, 7) is 4.08. The summed E-state index contributed by atoms with van der Waals surface area (Å²) in [7, 11) is 0. The Labute approximate surface area is 104 Å². The first-order valence-corrected chi connectivity index (χ1v) is 5.29. The SMILES string of the molecule is CC(C)(CO)CNc1ncc([N+](=O)[O-])cc1C#N. The maximum Gasteiger partial charge on any atom is 0.289 e. The number of rotatable bonds is 5. The minimum atomic E-state index is -0.602. The van der Waals surface area contributed by atoms with Gasteiger partial charge in [-0.3, -0.25) is 10.1 Å². The van der Waals surface area contributed by atoms with Gasteiger partial charge in [-0.25, -0.2) is 4.98 Å². The summed E-state index contributed by atoms with van der Waals surface area (Å²) in [4.78, 5) is 13.8. The predicted octanol–water partition coefficient (Wildman–Crippen LogP) is 1.29. The third-order valence-electron chi connectivity index (χ3n) is 2.37. The smallest absolute Gasteiger partial charge is 0.289 e. The first kappa shape index (κ1) is 13.9. The van der Waals surface area contributed by atoms with E-state index in [1.165, 1.54) is 6.07 Å². The summed E-state index contributed by atoms with van der Waals surface area (Å²) in [5, 5.41) is 31.5. The van der Waals surface area contributed by atoms with Crippen LogP contribution in [0.2, 0.25) is 0 Å². The molecule has 0 bridgehead atoms. The summed E-state index contributed by atoms with van der Waals surface area (Å²) in [6, 6.07) is 3.02. The van der Waals surface area contributed by atoms with Gasteiger partial charge < -0.3 is 10.4 Å². The minimum Gasteiger partial charge on any atom is -0.396 e. The normalized spacial score (nSPS) is 10.8. The van der Waals surface area contributed by atoms with Crippen molar-refractivity contribution in [2.24, 2.45) is 5.41 Å². The van der Waals surface area contributed by atoms with Crippen LogP contribution in [0.15, 0.2) is 12.3 Å².